The first-order chi connectivity index (χ1) is 12.8. The van der Waals surface area contributed by atoms with Crippen LogP contribution in [0.5, 0.6) is 5.75 Å². The lowest BCUT2D eigenvalue weighted by atomic mass is 10.1. The maximum atomic E-state index is 13.2. The number of hydrogen-bond acceptors (Lipinski definition) is 3. The highest BCUT2D eigenvalue weighted by Gasteiger charge is 2.31. The van der Waals surface area contributed by atoms with Gasteiger partial charge in [-0.05, 0) is 56.3 Å². The standard InChI is InChI=1S/C20H18F3N3O/c1-14(2)27-18-12-15(11-16(13-18)20(21,22)23)19-7-10-26(25-19)9-6-17-5-3-4-8-24-17/h3-14H,1-2H3/b9-6-. The summed E-state index contributed by atoms with van der Waals surface area (Å²) in [6, 6.07) is 10.8. The van der Waals surface area contributed by atoms with Crippen molar-refractivity contribution in [3.8, 4) is 17.0 Å². The van der Waals surface area contributed by atoms with E-state index in [-0.39, 0.29) is 11.9 Å². The highest BCUT2D eigenvalue weighted by atomic mass is 19.4. The van der Waals surface area contributed by atoms with E-state index in [4.69, 9.17) is 4.74 Å². The zero-order valence-corrected chi connectivity index (χ0v) is 14.8. The van der Waals surface area contributed by atoms with Crippen LogP contribution >= 0.6 is 0 Å². The Kier molecular flexibility index (Phi) is 5.30. The first-order valence-electron chi connectivity index (χ1n) is 8.35. The average molecular weight is 373 g/mol. The number of rotatable bonds is 5. The lowest BCUT2D eigenvalue weighted by Gasteiger charge is -2.14. The largest absolute Gasteiger partial charge is 0.491 e. The van der Waals surface area contributed by atoms with Crippen molar-refractivity contribution in [2.24, 2.45) is 0 Å². The molecule has 140 valence electrons. The first kappa shape index (κ1) is 18.7. The molecule has 4 nitrogen and oxygen atoms in total. The van der Waals surface area contributed by atoms with Gasteiger partial charge in [-0.1, -0.05) is 6.07 Å². The maximum absolute atomic E-state index is 13.2. The van der Waals surface area contributed by atoms with Crippen LogP contribution in [-0.4, -0.2) is 20.9 Å². The van der Waals surface area contributed by atoms with Gasteiger partial charge in [-0.3, -0.25) is 4.98 Å². The third-order valence-electron chi connectivity index (χ3n) is 3.60. The smallest absolute Gasteiger partial charge is 0.416 e. The molecule has 0 saturated carbocycles. The highest BCUT2D eigenvalue weighted by Crippen LogP contribution is 2.35. The van der Waals surface area contributed by atoms with Crippen molar-refractivity contribution in [1.29, 1.82) is 0 Å². The Morgan fingerprint density at radius 2 is 1.93 bits per heavy atom. The van der Waals surface area contributed by atoms with Gasteiger partial charge in [0.05, 0.1) is 23.1 Å². The predicted molar refractivity (Wildman–Crippen MR) is 97.9 cm³/mol. The van der Waals surface area contributed by atoms with E-state index in [1.165, 1.54) is 4.68 Å². The van der Waals surface area contributed by atoms with E-state index in [0.29, 0.717) is 11.3 Å². The van der Waals surface area contributed by atoms with Crippen LogP contribution in [-0.2, 0) is 6.18 Å². The fourth-order valence-electron chi connectivity index (χ4n) is 2.45. The first-order valence-corrected chi connectivity index (χ1v) is 8.35. The summed E-state index contributed by atoms with van der Waals surface area (Å²) in [7, 11) is 0. The number of halogens is 3. The molecule has 0 N–H and O–H groups in total. The van der Waals surface area contributed by atoms with Gasteiger partial charge < -0.3 is 4.74 Å². The molecular weight excluding hydrogens is 355 g/mol. The lowest BCUT2D eigenvalue weighted by Crippen LogP contribution is -2.09. The molecule has 3 aromatic rings. The summed E-state index contributed by atoms with van der Waals surface area (Å²) >= 11 is 0. The van der Waals surface area contributed by atoms with Crippen molar-refractivity contribution >= 4 is 12.3 Å². The molecule has 27 heavy (non-hydrogen) atoms. The fourth-order valence-corrected chi connectivity index (χ4v) is 2.45. The normalized spacial score (nSPS) is 12.1. The van der Waals surface area contributed by atoms with Crippen molar-refractivity contribution in [3.63, 3.8) is 0 Å². The van der Waals surface area contributed by atoms with Crippen LogP contribution in [0.2, 0.25) is 0 Å². The second-order valence-corrected chi connectivity index (χ2v) is 6.16. The van der Waals surface area contributed by atoms with Gasteiger partial charge in [0.1, 0.15) is 5.75 Å². The van der Waals surface area contributed by atoms with E-state index in [9.17, 15) is 13.2 Å². The molecule has 0 aliphatic carbocycles. The molecule has 0 radical (unpaired) electrons. The van der Waals surface area contributed by atoms with Gasteiger partial charge in [0.15, 0.2) is 0 Å². The molecule has 0 aliphatic heterocycles. The van der Waals surface area contributed by atoms with E-state index in [2.05, 4.69) is 10.1 Å². The molecule has 2 heterocycles. The molecule has 0 fully saturated rings. The number of alkyl halides is 3. The minimum Gasteiger partial charge on any atom is -0.491 e. The van der Waals surface area contributed by atoms with Crippen molar-refractivity contribution in [3.05, 3.63) is 66.1 Å². The zero-order valence-electron chi connectivity index (χ0n) is 14.8. The summed E-state index contributed by atoms with van der Waals surface area (Å²) in [5, 5.41) is 4.32. The van der Waals surface area contributed by atoms with Gasteiger partial charge >= 0.3 is 6.18 Å². The Morgan fingerprint density at radius 1 is 1.11 bits per heavy atom. The molecule has 0 aliphatic rings. The molecule has 0 bridgehead atoms. The van der Waals surface area contributed by atoms with Crippen LogP contribution in [0.15, 0.2) is 54.9 Å². The second kappa shape index (κ2) is 7.65. The van der Waals surface area contributed by atoms with E-state index in [1.54, 1.807) is 50.6 Å². The lowest BCUT2D eigenvalue weighted by molar-refractivity contribution is -0.137. The minimum absolute atomic E-state index is 0.161. The SMILES string of the molecule is CC(C)Oc1cc(-c2ccn(/C=C\c3ccccn3)n2)cc(C(F)(F)F)c1. The zero-order chi connectivity index (χ0) is 19.4. The van der Waals surface area contributed by atoms with E-state index >= 15 is 0 Å². The van der Waals surface area contributed by atoms with Crippen molar-refractivity contribution in [1.82, 2.24) is 14.8 Å². The third kappa shape index (κ3) is 4.97. The second-order valence-electron chi connectivity index (χ2n) is 6.16. The number of aromatic nitrogens is 3. The Morgan fingerprint density at radius 3 is 2.59 bits per heavy atom. The fraction of sp³-hybridized carbons (Fsp3) is 0.200. The van der Waals surface area contributed by atoms with Gasteiger partial charge in [0.25, 0.3) is 0 Å². The van der Waals surface area contributed by atoms with E-state index < -0.39 is 11.7 Å². The quantitative estimate of drug-likeness (QED) is 0.603. The van der Waals surface area contributed by atoms with Gasteiger partial charge in [0, 0.05) is 24.2 Å². The van der Waals surface area contributed by atoms with Crippen LogP contribution in [0.3, 0.4) is 0 Å². The van der Waals surface area contributed by atoms with Gasteiger partial charge in [-0.25, -0.2) is 4.68 Å². The van der Waals surface area contributed by atoms with Gasteiger partial charge in [-0.2, -0.15) is 18.3 Å². The van der Waals surface area contributed by atoms with E-state index in [1.807, 2.05) is 18.2 Å². The molecule has 0 atom stereocenters. The summed E-state index contributed by atoms with van der Waals surface area (Å²) in [4.78, 5) is 4.17. The number of pyridine rings is 1. The number of hydrogen-bond donors (Lipinski definition) is 0. The van der Waals surface area contributed by atoms with Gasteiger partial charge in [0.2, 0.25) is 0 Å². The molecule has 0 spiro atoms. The Labute approximate surface area is 154 Å². The number of ether oxygens (including phenoxy) is 1. The van der Waals surface area contributed by atoms with Crippen molar-refractivity contribution in [2.75, 3.05) is 0 Å². The number of benzene rings is 1. The van der Waals surface area contributed by atoms with E-state index in [0.717, 1.165) is 17.8 Å². The summed E-state index contributed by atoms with van der Waals surface area (Å²) in [6.07, 6.45) is 2.08. The van der Waals surface area contributed by atoms with Gasteiger partial charge in [-0.15, -0.1) is 0 Å². The predicted octanol–water partition coefficient (Wildman–Crippen LogP) is 5.38. The molecule has 1 aromatic carbocycles. The average Bonchev–Trinajstić information content (AvgIpc) is 3.08. The molecule has 0 unspecified atom stereocenters. The molecule has 7 heteroatoms. The molecule has 0 saturated heterocycles. The summed E-state index contributed by atoms with van der Waals surface area (Å²) < 4.78 is 46.6. The highest BCUT2D eigenvalue weighted by molar-refractivity contribution is 5.64. The van der Waals surface area contributed by atoms with Crippen LogP contribution in [0, 0.1) is 0 Å². The van der Waals surface area contributed by atoms with Crippen LogP contribution < -0.4 is 4.74 Å². The van der Waals surface area contributed by atoms with Crippen molar-refractivity contribution in [2.45, 2.75) is 26.1 Å². The number of nitrogens with zero attached hydrogens (tertiary/aromatic N) is 3. The summed E-state index contributed by atoms with van der Waals surface area (Å²) in [5.74, 6) is 0.161. The Hall–Kier alpha value is -3.09. The maximum Gasteiger partial charge on any atom is 0.416 e. The van der Waals surface area contributed by atoms with Crippen LogP contribution in [0.25, 0.3) is 23.5 Å². The molecule has 3 rings (SSSR count). The monoisotopic (exact) mass is 373 g/mol. The summed E-state index contributed by atoms with van der Waals surface area (Å²) in [6.45, 7) is 3.52. The molecule has 2 aromatic heterocycles. The summed E-state index contributed by atoms with van der Waals surface area (Å²) in [5.41, 5.74) is 0.737. The van der Waals surface area contributed by atoms with Crippen LogP contribution in [0.4, 0.5) is 13.2 Å². The van der Waals surface area contributed by atoms with Crippen LogP contribution in [0.1, 0.15) is 25.1 Å². The molecule has 0 amide bonds. The Bertz CT molecular complexity index is 931. The van der Waals surface area contributed by atoms with Crippen molar-refractivity contribution < 1.29 is 17.9 Å². The Balaban J connectivity index is 1.91. The third-order valence-corrected chi connectivity index (χ3v) is 3.60. The topological polar surface area (TPSA) is 39.9 Å². The molecular formula is C20H18F3N3O. The minimum atomic E-state index is -4.47.